The van der Waals surface area contributed by atoms with Crippen molar-refractivity contribution in [2.45, 2.75) is 91.0 Å². The van der Waals surface area contributed by atoms with E-state index < -0.39 is 70.1 Å². The molecule has 3 atom stereocenters. The van der Waals surface area contributed by atoms with E-state index in [0.29, 0.717) is 17.2 Å². The van der Waals surface area contributed by atoms with Crippen LogP contribution in [0.4, 0.5) is 24.5 Å². The normalized spacial score (nSPS) is 16.9. The zero-order valence-corrected chi connectivity index (χ0v) is 43.5. The minimum atomic E-state index is -4.81. The lowest BCUT2D eigenvalue weighted by Gasteiger charge is -2.35. The van der Waals surface area contributed by atoms with Gasteiger partial charge in [-0.25, -0.2) is 4.98 Å². The van der Waals surface area contributed by atoms with E-state index in [-0.39, 0.29) is 43.5 Å². The number of aryl methyl sites for hydroxylation is 1. The van der Waals surface area contributed by atoms with Crippen molar-refractivity contribution in [3.05, 3.63) is 149 Å². The average molecular weight is 1060 g/mol. The molecule has 2 fully saturated rings. The van der Waals surface area contributed by atoms with Gasteiger partial charge in [-0.1, -0.05) is 81.4 Å². The van der Waals surface area contributed by atoms with E-state index >= 15 is 0 Å². The molecular weight excluding hydrogens is 1000 g/mol. The van der Waals surface area contributed by atoms with Crippen LogP contribution in [-0.2, 0) is 38.5 Å². The van der Waals surface area contributed by atoms with Crippen molar-refractivity contribution in [1.82, 2.24) is 20.5 Å². The van der Waals surface area contributed by atoms with Crippen LogP contribution in [-0.4, -0.2) is 80.6 Å². The van der Waals surface area contributed by atoms with E-state index in [1.807, 2.05) is 88.4 Å². The molecule has 14 nitrogen and oxygen atoms in total. The fourth-order valence-corrected chi connectivity index (χ4v) is 10.3. The SMILES string of the molecule is Cc1ncsc1-c1ccc(CNC(=O)[C@H]2C[C@@H](O)CN2C(=O)[C@@H](NC(=O)COc2ccc(-c3ccc(COc4ccc(N5C(=S)N(c6ccc(C#N)c(C(F)(F)F)c6)C(=O)C5(C)C)cc4)cc3)cc2)C(C)(C)C)cc1. The van der Waals surface area contributed by atoms with Gasteiger partial charge >= 0.3 is 6.18 Å². The Morgan fingerprint density at radius 2 is 1.47 bits per heavy atom. The second-order valence-electron chi connectivity index (χ2n) is 19.9. The number of anilines is 2. The molecule has 5 aromatic carbocycles. The summed E-state index contributed by atoms with van der Waals surface area (Å²) >= 11 is 7.22. The number of amides is 4. The smallest absolute Gasteiger partial charge is 0.417 e. The summed E-state index contributed by atoms with van der Waals surface area (Å²) in [5.41, 5.74) is 4.05. The molecule has 2 saturated heterocycles. The number of nitrogens with zero attached hydrogens (tertiary/aromatic N) is 5. The highest BCUT2D eigenvalue weighted by atomic mass is 32.1. The van der Waals surface area contributed by atoms with Crippen molar-refractivity contribution in [3.63, 3.8) is 0 Å². The molecule has 75 heavy (non-hydrogen) atoms. The number of thiazole rings is 1. The van der Waals surface area contributed by atoms with Crippen LogP contribution in [0.2, 0.25) is 0 Å². The lowest BCUT2D eigenvalue weighted by Crippen LogP contribution is -2.58. The first-order chi connectivity index (χ1) is 35.5. The number of aliphatic hydroxyl groups excluding tert-OH is 1. The monoisotopic (exact) mass is 1060 g/mol. The summed E-state index contributed by atoms with van der Waals surface area (Å²) in [6.45, 7) is 10.7. The number of hydrogen-bond acceptors (Lipinski definition) is 11. The first-order valence-corrected chi connectivity index (χ1v) is 25.2. The Bertz CT molecular complexity index is 3150. The van der Waals surface area contributed by atoms with E-state index in [2.05, 4.69) is 15.6 Å². The van der Waals surface area contributed by atoms with E-state index in [1.165, 1.54) is 11.0 Å². The van der Waals surface area contributed by atoms with Gasteiger partial charge in [-0.2, -0.15) is 18.4 Å². The minimum absolute atomic E-state index is 0.0156. The number of ether oxygens (including phenoxy) is 2. The van der Waals surface area contributed by atoms with E-state index in [0.717, 1.165) is 55.4 Å². The highest BCUT2D eigenvalue weighted by Gasteiger charge is 2.51. The van der Waals surface area contributed by atoms with Crippen LogP contribution < -0.4 is 29.9 Å². The third-order valence-electron chi connectivity index (χ3n) is 13.1. The van der Waals surface area contributed by atoms with Gasteiger partial charge in [0.15, 0.2) is 11.7 Å². The van der Waals surface area contributed by atoms with Gasteiger partial charge in [-0.05, 0) is 121 Å². The van der Waals surface area contributed by atoms with Gasteiger partial charge in [0, 0.05) is 25.2 Å². The van der Waals surface area contributed by atoms with Crippen molar-refractivity contribution < 1.29 is 46.9 Å². The summed E-state index contributed by atoms with van der Waals surface area (Å²) in [6.07, 6.45) is -5.65. The summed E-state index contributed by atoms with van der Waals surface area (Å²) in [5, 5.41) is 25.6. The molecular formula is C56H54F3N7O7S2. The Morgan fingerprint density at radius 1 is 0.880 bits per heavy atom. The Kier molecular flexibility index (Phi) is 15.5. The Hall–Kier alpha value is -7.66. The number of benzene rings is 5. The topological polar surface area (TPSA) is 177 Å². The number of hydrogen-bond donors (Lipinski definition) is 3. The summed E-state index contributed by atoms with van der Waals surface area (Å²) in [5.74, 6) is -0.979. The number of likely N-dealkylation sites (tertiary alicyclic amines) is 1. The van der Waals surface area contributed by atoms with Crippen LogP contribution in [0.3, 0.4) is 0 Å². The molecule has 19 heteroatoms. The molecule has 0 radical (unpaired) electrons. The van der Waals surface area contributed by atoms with Gasteiger partial charge in [0.1, 0.15) is 35.7 Å². The summed E-state index contributed by atoms with van der Waals surface area (Å²) < 4.78 is 53.2. The number of alkyl halides is 3. The van der Waals surface area contributed by atoms with Crippen molar-refractivity contribution in [1.29, 1.82) is 5.26 Å². The van der Waals surface area contributed by atoms with Gasteiger partial charge < -0.3 is 35.0 Å². The number of nitriles is 1. The molecule has 0 saturated carbocycles. The standard InChI is InChI=1S/C56H54F3N7O7S2/c1-33-48(75-32-62-33)38-13-7-34(8-14-38)28-61-50(69)46-26-42(67)29-64(46)51(70)49(54(2,3)4)63-47(68)31-73-43-21-16-37(17-22-43)36-11-9-35(10-12-36)30-72-44-23-19-40(20-24-44)66-53(74)65(52(71)55(66,5)6)41-18-15-39(27-60)45(25-41)56(57,58)59/h7-25,32,42,46,49,67H,26,28-31H2,1-6H3,(H,61,69)(H,63,68)/t42-,46-,49-/m1/s1. The average Bonchev–Trinajstić information content (AvgIpc) is 4.06. The number of aromatic nitrogens is 1. The molecule has 0 unspecified atom stereocenters. The van der Waals surface area contributed by atoms with Crippen molar-refractivity contribution in [3.8, 4) is 39.1 Å². The van der Waals surface area contributed by atoms with Crippen LogP contribution in [0.15, 0.2) is 121 Å². The second-order valence-corrected chi connectivity index (χ2v) is 21.1. The number of rotatable bonds is 15. The molecule has 6 aromatic rings. The Labute approximate surface area is 441 Å². The summed E-state index contributed by atoms with van der Waals surface area (Å²) in [6, 6.07) is 32.2. The third-order valence-corrected chi connectivity index (χ3v) is 14.4. The molecule has 0 spiro atoms. The molecule has 3 heterocycles. The fourth-order valence-electron chi connectivity index (χ4n) is 8.99. The maximum Gasteiger partial charge on any atom is 0.417 e. The number of β-amino-alcohol motifs (C(OH)–C–C–N with tert-alkyl or cyclic N) is 1. The lowest BCUT2D eigenvalue weighted by atomic mass is 9.85. The number of nitrogens with one attached hydrogen (secondary N) is 2. The van der Waals surface area contributed by atoms with Crippen LogP contribution >= 0.6 is 23.6 Å². The van der Waals surface area contributed by atoms with Crippen molar-refractivity contribution in [2.24, 2.45) is 5.41 Å². The molecule has 1 aromatic heterocycles. The van der Waals surface area contributed by atoms with Crippen molar-refractivity contribution in [2.75, 3.05) is 23.0 Å². The minimum Gasteiger partial charge on any atom is -0.489 e. The van der Waals surface area contributed by atoms with Gasteiger partial charge in [0.2, 0.25) is 11.8 Å². The number of carbonyl (C=O) groups is 4. The second kappa shape index (κ2) is 21.7. The van der Waals surface area contributed by atoms with Gasteiger partial charge in [0.05, 0.1) is 45.1 Å². The van der Waals surface area contributed by atoms with E-state index in [1.54, 1.807) is 78.1 Å². The molecule has 2 aliphatic heterocycles. The van der Waals surface area contributed by atoms with E-state index in [4.69, 9.17) is 21.7 Å². The maximum atomic E-state index is 14.1. The van der Waals surface area contributed by atoms with E-state index in [9.17, 15) is 42.7 Å². The third kappa shape index (κ3) is 11.8. The molecule has 388 valence electrons. The zero-order valence-electron chi connectivity index (χ0n) is 41.9. The molecule has 8 rings (SSSR count). The van der Waals surface area contributed by atoms with Crippen LogP contribution in [0.1, 0.15) is 69.0 Å². The molecule has 3 N–H and O–H groups in total. The Morgan fingerprint density at radius 3 is 2.07 bits per heavy atom. The number of thiocarbonyl (C=S) groups is 1. The quantitative estimate of drug-likeness (QED) is 0.0836. The predicted octanol–water partition coefficient (Wildman–Crippen LogP) is 9.36. The fraction of sp³-hybridized carbons (Fsp3) is 0.304. The molecule has 0 aliphatic carbocycles. The maximum absolute atomic E-state index is 14.1. The molecule has 2 aliphatic rings. The number of carbonyl (C=O) groups excluding carboxylic acids is 4. The van der Waals surface area contributed by atoms with Crippen molar-refractivity contribution >= 4 is 63.7 Å². The first-order valence-electron chi connectivity index (χ1n) is 23.9. The molecule has 4 amide bonds. The zero-order chi connectivity index (χ0) is 54.0. The lowest BCUT2D eigenvalue weighted by molar-refractivity contribution is -0.144. The Balaban J connectivity index is 0.816. The number of aliphatic hydroxyl groups is 1. The highest BCUT2D eigenvalue weighted by molar-refractivity contribution is 7.81. The number of halogens is 3. The van der Waals surface area contributed by atoms with Gasteiger partial charge in [-0.15, -0.1) is 11.3 Å². The van der Waals surface area contributed by atoms with Gasteiger partial charge in [-0.3, -0.25) is 24.1 Å². The summed E-state index contributed by atoms with van der Waals surface area (Å²) in [4.78, 5) is 63.9. The molecule has 0 bridgehead atoms. The first kappa shape index (κ1) is 53.6. The largest absolute Gasteiger partial charge is 0.489 e. The van der Waals surface area contributed by atoms with Crippen LogP contribution in [0, 0.1) is 23.7 Å². The van der Waals surface area contributed by atoms with Crippen LogP contribution in [0.5, 0.6) is 11.5 Å². The van der Waals surface area contributed by atoms with Gasteiger partial charge in [0.25, 0.3) is 11.8 Å². The highest BCUT2D eigenvalue weighted by Crippen LogP contribution is 2.40. The van der Waals surface area contributed by atoms with Crippen LogP contribution in [0.25, 0.3) is 21.6 Å². The summed E-state index contributed by atoms with van der Waals surface area (Å²) in [7, 11) is 0. The predicted molar refractivity (Wildman–Crippen MR) is 283 cm³/mol.